The number of aryl methyl sites for hydroxylation is 2. The van der Waals surface area contributed by atoms with Crippen LogP contribution >= 0.6 is 0 Å². The minimum atomic E-state index is -0.458. The molecule has 17 heavy (non-hydrogen) atoms. The largest absolute Gasteiger partial charge is 0.484 e. The minimum Gasteiger partial charge on any atom is -0.484 e. The van der Waals surface area contributed by atoms with Crippen molar-refractivity contribution >= 4 is 5.91 Å². The van der Waals surface area contributed by atoms with Gasteiger partial charge in [-0.1, -0.05) is 20.8 Å². The zero-order valence-electron chi connectivity index (χ0n) is 11.3. The van der Waals surface area contributed by atoms with Crippen LogP contribution < -0.4 is 10.5 Å². The van der Waals surface area contributed by atoms with Crippen molar-refractivity contribution < 1.29 is 9.53 Å². The number of amides is 1. The van der Waals surface area contributed by atoms with Crippen molar-refractivity contribution in [2.75, 3.05) is 6.61 Å². The van der Waals surface area contributed by atoms with Gasteiger partial charge in [-0.15, -0.1) is 0 Å². The molecular formula is C14H21NO2. The highest BCUT2D eigenvalue weighted by Crippen LogP contribution is 2.31. The molecule has 0 aromatic heterocycles. The molecule has 1 aromatic rings. The Morgan fingerprint density at radius 1 is 1.24 bits per heavy atom. The van der Waals surface area contributed by atoms with Crippen LogP contribution in [0.4, 0.5) is 0 Å². The Labute approximate surface area is 103 Å². The number of hydrogen-bond acceptors (Lipinski definition) is 2. The van der Waals surface area contributed by atoms with E-state index in [9.17, 15) is 4.79 Å². The van der Waals surface area contributed by atoms with Gasteiger partial charge in [0.1, 0.15) is 5.75 Å². The predicted octanol–water partition coefficient (Wildman–Crippen LogP) is 2.47. The van der Waals surface area contributed by atoms with Crippen LogP contribution in [-0.4, -0.2) is 12.5 Å². The van der Waals surface area contributed by atoms with Crippen molar-refractivity contribution in [1.82, 2.24) is 0 Å². The van der Waals surface area contributed by atoms with Gasteiger partial charge >= 0.3 is 0 Å². The summed E-state index contributed by atoms with van der Waals surface area (Å²) in [6, 6.07) is 3.91. The molecule has 0 aliphatic rings. The molecule has 0 bridgehead atoms. The molecule has 0 atom stereocenters. The van der Waals surface area contributed by atoms with Gasteiger partial charge in [0.15, 0.2) is 6.61 Å². The van der Waals surface area contributed by atoms with Crippen molar-refractivity contribution in [2.24, 2.45) is 5.73 Å². The molecule has 0 aliphatic heterocycles. The Morgan fingerprint density at radius 3 is 2.06 bits per heavy atom. The van der Waals surface area contributed by atoms with Crippen LogP contribution in [0.15, 0.2) is 12.1 Å². The molecule has 0 saturated carbocycles. The molecule has 1 amide bonds. The lowest BCUT2D eigenvalue weighted by Crippen LogP contribution is -2.20. The van der Waals surface area contributed by atoms with E-state index >= 15 is 0 Å². The summed E-state index contributed by atoms with van der Waals surface area (Å²) in [6.07, 6.45) is 0. The second kappa shape index (κ2) is 4.78. The molecule has 3 heteroatoms. The molecule has 3 nitrogen and oxygen atoms in total. The quantitative estimate of drug-likeness (QED) is 0.875. The van der Waals surface area contributed by atoms with Gasteiger partial charge in [0, 0.05) is 0 Å². The summed E-state index contributed by atoms with van der Waals surface area (Å²) in [5, 5.41) is 0. The second-order valence-corrected chi connectivity index (χ2v) is 5.44. The standard InChI is InChI=1S/C14H21NO2/c1-9-6-11(17-8-12(15)16)7-10(2)13(9)14(3,4)5/h6-7H,8H2,1-5H3,(H2,15,16). The topological polar surface area (TPSA) is 52.3 Å². The Morgan fingerprint density at radius 2 is 1.71 bits per heavy atom. The van der Waals surface area contributed by atoms with E-state index in [1.165, 1.54) is 16.7 Å². The summed E-state index contributed by atoms with van der Waals surface area (Å²) < 4.78 is 5.32. The van der Waals surface area contributed by atoms with Crippen molar-refractivity contribution in [3.63, 3.8) is 0 Å². The van der Waals surface area contributed by atoms with Gasteiger partial charge in [0.05, 0.1) is 0 Å². The third-order valence-electron chi connectivity index (χ3n) is 2.64. The first kappa shape index (κ1) is 13.6. The Hall–Kier alpha value is -1.51. The van der Waals surface area contributed by atoms with E-state index in [2.05, 4.69) is 34.6 Å². The Balaban J connectivity index is 3.06. The molecular weight excluding hydrogens is 214 g/mol. The zero-order valence-corrected chi connectivity index (χ0v) is 11.3. The van der Waals surface area contributed by atoms with Crippen LogP contribution in [0.25, 0.3) is 0 Å². The van der Waals surface area contributed by atoms with Gasteiger partial charge in [0.25, 0.3) is 5.91 Å². The summed E-state index contributed by atoms with van der Waals surface area (Å²) in [7, 11) is 0. The van der Waals surface area contributed by atoms with Crippen molar-refractivity contribution in [3.05, 3.63) is 28.8 Å². The van der Waals surface area contributed by atoms with Crippen molar-refractivity contribution in [2.45, 2.75) is 40.0 Å². The molecule has 1 aromatic carbocycles. The SMILES string of the molecule is Cc1cc(OCC(N)=O)cc(C)c1C(C)(C)C. The lowest BCUT2D eigenvalue weighted by atomic mass is 9.81. The average molecular weight is 235 g/mol. The minimum absolute atomic E-state index is 0.0757. The fourth-order valence-electron chi connectivity index (χ4n) is 2.34. The van der Waals surface area contributed by atoms with Crippen molar-refractivity contribution in [3.8, 4) is 5.75 Å². The molecule has 0 radical (unpaired) electrons. The first-order valence-corrected chi connectivity index (χ1v) is 5.74. The first-order valence-electron chi connectivity index (χ1n) is 5.74. The molecule has 0 aliphatic carbocycles. The number of carbonyl (C=O) groups excluding carboxylic acids is 1. The third kappa shape index (κ3) is 3.48. The summed E-state index contributed by atoms with van der Waals surface area (Å²) in [4.78, 5) is 10.7. The molecule has 2 N–H and O–H groups in total. The van der Waals surface area contributed by atoms with Crippen LogP contribution in [0.3, 0.4) is 0 Å². The lowest BCUT2D eigenvalue weighted by molar-refractivity contribution is -0.119. The van der Waals surface area contributed by atoms with Gasteiger partial charge in [0.2, 0.25) is 0 Å². The summed E-state index contributed by atoms with van der Waals surface area (Å²) >= 11 is 0. The maximum Gasteiger partial charge on any atom is 0.255 e. The number of carbonyl (C=O) groups is 1. The van der Waals surface area contributed by atoms with E-state index in [-0.39, 0.29) is 12.0 Å². The highest BCUT2D eigenvalue weighted by molar-refractivity contribution is 5.75. The van der Waals surface area contributed by atoms with E-state index in [0.717, 1.165) is 0 Å². The number of hydrogen-bond donors (Lipinski definition) is 1. The van der Waals surface area contributed by atoms with Crippen LogP contribution in [-0.2, 0) is 10.2 Å². The number of nitrogens with two attached hydrogens (primary N) is 1. The van der Waals surface area contributed by atoms with Gasteiger partial charge < -0.3 is 10.5 Å². The maximum absolute atomic E-state index is 10.7. The zero-order chi connectivity index (χ0) is 13.2. The van der Waals surface area contributed by atoms with Gasteiger partial charge in [-0.05, 0) is 48.1 Å². The maximum atomic E-state index is 10.7. The van der Waals surface area contributed by atoms with Crippen LogP contribution in [0.1, 0.15) is 37.5 Å². The highest BCUT2D eigenvalue weighted by atomic mass is 16.5. The van der Waals surface area contributed by atoms with Gasteiger partial charge in [-0.2, -0.15) is 0 Å². The van der Waals surface area contributed by atoms with Crippen LogP contribution in [0.2, 0.25) is 0 Å². The fraction of sp³-hybridized carbons (Fsp3) is 0.500. The molecule has 94 valence electrons. The number of benzene rings is 1. The van der Waals surface area contributed by atoms with Crippen molar-refractivity contribution in [1.29, 1.82) is 0 Å². The van der Waals surface area contributed by atoms with Crippen LogP contribution in [0, 0.1) is 13.8 Å². The average Bonchev–Trinajstić information content (AvgIpc) is 2.11. The molecule has 0 unspecified atom stereocenters. The Kier molecular flexibility index (Phi) is 3.81. The first-order chi connectivity index (χ1) is 7.71. The van der Waals surface area contributed by atoms with E-state index in [0.29, 0.717) is 5.75 Å². The fourth-order valence-corrected chi connectivity index (χ4v) is 2.34. The molecule has 0 spiro atoms. The molecule has 0 saturated heterocycles. The highest BCUT2D eigenvalue weighted by Gasteiger charge is 2.19. The predicted molar refractivity (Wildman–Crippen MR) is 69.3 cm³/mol. The number of primary amides is 1. The summed E-state index contributed by atoms with van der Waals surface area (Å²) in [5.74, 6) is 0.243. The number of ether oxygens (including phenoxy) is 1. The van der Waals surface area contributed by atoms with E-state index in [1.807, 2.05) is 12.1 Å². The van der Waals surface area contributed by atoms with E-state index in [4.69, 9.17) is 10.5 Å². The second-order valence-electron chi connectivity index (χ2n) is 5.44. The third-order valence-corrected chi connectivity index (χ3v) is 2.64. The molecule has 0 fully saturated rings. The van der Waals surface area contributed by atoms with Crippen LogP contribution in [0.5, 0.6) is 5.75 Å². The molecule has 1 rings (SSSR count). The summed E-state index contributed by atoms with van der Waals surface area (Å²) in [6.45, 7) is 10.6. The monoisotopic (exact) mass is 235 g/mol. The van der Waals surface area contributed by atoms with E-state index < -0.39 is 5.91 Å². The Bertz CT molecular complexity index is 407. The molecule has 0 heterocycles. The van der Waals surface area contributed by atoms with Gasteiger partial charge in [-0.3, -0.25) is 4.79 Å². The lowest BCUT2D eigenvalue weighted by Gasteiger charge is -2.25. The summed E-state index contributed by atoms with van der Waals surface area (Å²) in [5.41, 5.74) is 8.84. The van der Waals surface area contributed by atoms with Gasteiger partial charge in [-0.25, -0.2) is 0 Å². The normalized spacial score (nSPS) is 11.4. The van der Waals surface area contributed by atoms with E-state index in [1.54, 1.807) is 0 Å². The number of rotatable bonds is 3. The smallest absolute Gasteiger partial charge is 0.255 e.